The minimum absolute atomic E-state index is 0.00600. The van der Waals surface area contributed by atoms with Gasteiger partial charge in [0.25, 0.3) is 0 Å². The van der Waals surface area contributed by atoms with Gasteiger partial charge in [-0.1, -0.05) is 20.8 Å². The Morgan fingerprint density at radius 1 is 1.40 bits per heavy atom. The van der Waals surface area contributed by atoms with Gasteiger partial charge in [0.1, 0.15) is 4.21 Å². The normalized spacial score (nSPS) is 20.4. The lowest BCUT2D eigenvalue weighted by Gasteiger charge is -2.15. The molecule has 1 fully saturated rings. The quantitative estimate of drug-likeness (QED) is 0.876. The first-order chi connectivity index (χ1) is 9.29. The van der Waals surface area contributed by atoms with Crippen LogP contribution < -0.4 is 10.0 Å². The monoisotopic (exact) mass is 316 g/mol. The molecule has 1 saturated heterocycles. The zero-order valence-electron chi connectivity index (χ0n) is 12.4. The Morgan fingerprint density at radius 3 is 2.70 bits per heavy atom. The minimum Gasteiger partial charge on any atom is -0.316 e. The lowest BCUT2D eigenvalue weighted by Crippen LogP contribution is -2.26. The predicted octanol–water partition coefficient (Wildman–Crippen LogP) is 2.32. The topological polar surface area (TPSA) is 58.2 Å². The first kappa shape index (κ1) is 15.9. The second-order valence-corrected chi connectivity index (χ2v) is 9.49. The van der Waals surface area contributed by atoms with Crippen molar-refractivity contribution in [1.82, 2.24) is 10.0 Å². The molecule has 4 nitrogen and oxygen atoms in total. The van der Waals surface area contributed by atoms with E-state index in [9.17, 15) is 8.42 Å². The number of nitrogens with one attached hydrogen (secondary N) is 2. The Bertz CT molecular complexity index is 538. The highest BCUT2D eigenvalue weighted by molar-refractivity contribution is 7.91. The summed E-state index contributed by atoms with van der Waals surface area (Å²) in [7, 11) is -3.34. The van der Waals surface area contributed by atoms with E-state index in [4.69, 9.17) is 0 Å². The molecule has 1 atom stereocenters. The van der Waals surface area contributed by atoms with Crippen molar-refractivity contribution >= 4 is 21.4 Å². The Morgan fingerprint density at radius 2 is 2.15 bits per heavy atom. The van der Waals surface area contributed by atoms with Crippen LogP contribution in [0.25, 0.3) is 0 Å². The highest BCUT2D eigenvalue weighted by Crippen LogP contribution is 2.31. The maximum Gasteiger partial charge on any atom is 0.250 e. The van der Waals surface area contributed by atoms with Crippen LogP contribution in [0.3, 0.4) is 0 Å². The van der Waals surface area contributed by atoms with E-state index in [2.05, 4.69) is 30.8 Å². The highest BCUT2D eigenvalue weighted by Gasteiger charge is 2.22. The van der Waals surface area contributed by atoms with Gasteiger partial charge in [0, 0.05) is 11.4 Å². The SMILES string of the molecule is CC(C)(C)c1ccc(S(=O)(=O)NCCC2CCNC2)s1. The van der Waals surface area contributed by atoms with E-state index in [0.29, 0.717) is 16.7 Å². The Kier molecular flexibility index (Phi) is 4.89. The van der Waals surface area contributed by atoms with Crippen LogP contribution >= 0.6 is 11.3 Å². The van der Waals surface area contributed by atoms with Crippen molar-refractivity contribution in [2.24, 2.45) is 5.92 Å². The van der Waals surface area contributed by atoms with Gasteiger partial charge in [-0.15, -0.1) is 11.3 Å². The molecule has 0 aromatic carbocycles. The standard InChI is InChI=1S/C14H24N2O2S2/c1-14(2,3)12-4-5-13(19-12)20(17,18)16-9-7-11-6-8-15-10-11/h4-5,11,15-16H,6-10H2,1-3H3. The van der Waals surface area contributed by atoms with E-state index in [-0.39, 0.29) is 5.41 Å². The molecule has 0 aliphatic carbocycles. The molecule has 0 spiro atoms. The first-order valence-corrected chi connectivity index (χ1v) is 9.40. The molecule has 1 aromatic rings. The zero-order chi connectivity index (χ0) is 14.8. The van der Waals surface area contributed by atoms with Gasteiger partial charge in [0.05, 0.1) is 0 Å². The summed E-state index contributed by atoms with van der Waals surface area (Å²) in [6.07, 6.45) is 2.05. The molecular formula is C14H24N2O2S2. The Labute approximate surface area is 126 Å². The average molecular weight is 316 g/mol. The number of hydrogen-bond donors (Lipinski definition) is 2. The van der Waals surface area contributed by atoms with E-state index >= 15 is 0 Å². The van der Waals surface area contributed by atoms with Crippen molar-refractivity contribution in [3.63, 3.8) is 0 Å². The number of thiophene rings is 1. The lowest BCUT2D eigenvalue weighted by atomic mass is 9.95. The molecule has 20 heavy (non-hydrogen) atoms. The zero-order valence-corrected chi connectivity index (χ0v) is 14.0. The van der Waals surface area contributed by atoms with Crippen molar-refractivity contribution in [3.05, 3.63) is 17.0 Å². The second kappa shape index (κ2) is 6.13. The van der Waals surface area contributed by atoms with Crippen molar-refractivity contribution in [2.45, 2.75) is 43.2 Å². The van der Waals surface area contributed by atoms with Gasteiger partial charge in [-0.2, -0.15) is 0 Å². The second-order valence-electron chi connectivity index (χ2n) is 6.41. The molecule has 1 aliphatic rings. The van der Waals surface area contributed by atoms with E-state index in [0.717, 1.165) is 30.8 Å². The van der Waals surface area contributed by atoms with Crippen LogP contribution in [0.2, 0.25) is 0 Å². The molecule has 1 aromatic heterocycles. The lowest BCUT2D eigenvalue weighted by molar-refractivity contribution is 0.520. The van der Waals surface area contributed by atoms with Crippen LogP contribution in [0.15, 0.2) is 16.3 Å². The van der Waals surface area contributed by atoms with Gasteiger partial charge in [0.15, 0.2) is 0 Å². The third kappa shape index (κ3) is 4.04. The minimum atomic E-state index is -3.34. The van der Waals surface area contributed by atoms with Crippen molar-refractivity contribution in [1.29, 1.82) is 0 Å². The summed E-state index contributed by atoms with van der Waals surface area (Å²) in [5, 5.41) is 3.30. The Hall–Kier alpha value is -0.430. The predicted molar refractivity (Wildman–Crippen MR) is 83.8 cm³/mol. The molecule has 2 heterocycles. The fourth-order valence-electron chi connectivity index (χ4n) is 2.30. The van der Waals surface area contributed by atoms with Crippen LogP contribution in [-0.4, -0.2) is 28.1 Å². The van der Waals surface area contributed by atoms with Crippen molar-refractivity contribution in [3.8, 4) is 0 Å². The molecule has 0 amide bonds. The number of rotatable bonds is 5. The summed E-state index contributed by atoms with van der Waals surface area (Å²) in [5.41, 5.74) is -0.00600. The third-order valence-corrected chi connectivity index (χ3v) is 7.06. The van der Waals surface area contributed by atoms with Crippen LogP contribution in [0.1, 0.15) is 38.5 Å². The fraction of sp³-hybridized carbons (Fsp3) is 0.714. The molecule has 0 radical (unpaired) electrons. The van der Waals surface area contributed by atoms with E-state index in [1.54, 1.807) is 6.07 Å². The fourth-order valence-corrected chi connectivity index (χ4v) is 4.75. The number of sulfonamides is 1. The highest BCUT2D eigenvalue weighted by atomic mass is 32.2. The summed E-state index contributed by atoms with van der Waals surface area (Å²) in [5.74, 6) is 0.603. The summed E-state index contributed by atoms with van der Waals surface area (Å²) in [6, 6.07) is 3.63. The molecule has 1 unspecified atom stereocenters. The van der Waals surface area contributed by atoms with Crippen LogP contribution in [0, 0.1) is 5.92 Å². The molecule has 2 N–H and O–H groups in total. The molecule has 1 aliphatic heterocycles. The van der Waals surface area contributed by atoms with Gasteiger partial charge in [-0.05, 0) is 49.4 Å². The molecular weight excluding hydrogens is 292 g/mol. The average Bonchev–Trinajstić information content (AvgIpc) is 2.98. The van der Waals surface area contributed by atoms with E-state index in [1.165, 1.54) is 11.3 Å². The van der Waals surface area contributed by atoms with Gasteiger partial charge >= 0.3 is 0 Å². The first-order valence-electron chi connectivity index (χ1n) is 7.10. The third-order valence-electron chi connectivity index (χ3n) is 3.59. The molecule has 0 bridgehead atoms. The summed E-state index contributed by atoms with van der Waals surface area (Å²) >= 11 is 1.37. The summed E-state index contributed by atoms with van der Waals surface area (Å²) < 4.78 is 27.6. The molecule has 114 valence electrons. The van der Waals surface area contributed by atoms with Crippen molar-refractivity contribution in [2.75, 3.05) is 19.6 Å². The van der Waals surface area contributed by atoms with Gasteiger partial charge in [-0.3, -0.25) is 0 Å². The largest absolute Gasteiger partial charge is 0.316 e. The summed E-state index contributed by atoms with van der Waals surface area (Å²) in [4.78, 5) is 1.10. The smallest absolute Gasteiger partial charge is 0.250 e. The van der Waals surface area contributed by atoms with Gasteiger partial charge in [-0.25, -0.2) is 13.1 Å². The molecule has 0 saturated carbocycles. The van der Waals surface area contributed by atoms with Crippen LogP contribution in [0.4, 0.5) is 0 Å². The maximum atomic E-state index is 12.2. The van der Waals surface area contributed by atoms with E-state index < -0.39 is 10.0 Å². The number of hydrogen-bond acceptors (Lipinski definition) is 4. The molecule has 2 rings (SSSR count). The Balaban J connectivity index is 1.94. The molecule has 6 heteroatoms. The van der Waals surface area contributed by atoms with Crippen LogP contribution in [0.5, 0.6) is 0 Å². The summed E-state index contributed by atoms with van der Waals surface area (Å²) in [6.45, 7) is 8.87. The van der Waals surface area contributed by atoms with E-state index in [1.807, 2.05) is 6.07 Å². The van der Waals surface area contributed by atoms with Gasteiger partial charge in [0.2, 0.25) is 10.0 Å². The maximum absolute atomic E-state index is 12.2. The van der Waals surface area contributed by atoms with Gasteiger partial charge < -0.3 is 5.32 Å². The van der Waals surface area contributed by atoms with Crippen molar-refractivity contribution < 1.29 is 8.42 Å². The van der Waals surface area contributed by atoms with Crippen LogP contribution in [-0.2, 0) is 15.4 Å².